The summed E-state index contributed by atoms with van der Waals surface area (Å²) < 4.78 is 0. The first-order valence-corrected chi connectivity index (χ1v) is 12.3. The summed E-state index contributed by atoms with van der Waals surface area (Å²) in [7, 11) is 1.72. The third-order valence-electron chi connectivity index (χ3n) is 6.73. The molecule has 168 valence electrons. The second kappa shape index (κ2) is 9.61. The molecule has 0 radical (unpaired) electrons. The summed E-state index contributed by atoms with van der Waals surface area (Å²) in [5.74, 6) is 0.390. The zero-order valence-corrected chi connectivity index (χ0v) is 19.0. The minimum absolute atomic E-state index is 0.00166. The van der Waals surface area contributed by atoms with Crippen LogP contribution in [0.25, 0.3) is 0 Å². The molecule has 1 aromatic carbocycles. The van der Waals surface area contributed by atoms with Gasteiger partial charge in [-0.15, -0.1) is 11.8 Å². The van der Waals surface area contributed by atoms with Gasteiger partial charge in [-0.3, -0.25) is 14.4 Å². The summed E-state index contributed by atoms with van der Waals surface area (Å²) in [6, 6.07) is 6.86. The van der Waals surface area contributed by atoms with Crippen LogP contribution in [0.1, 0.15) is 56.2 Å². The summed E-state index contributed by atoms with van der Waals surface area (Å²) >= 11 is 1.72. The van der Waals surface area contributed by atoms with E-state index in [0.717, 1.165) is 31.4 Å². The zero-order valence-electron chi connectivity index (χ0n) is 18.2. The summed E-state index contributed by atoms with van der Waals surface area (Å²) in [5, 5.41) is 9.03. The first-order valence-electron chi connectivity index (χ1n) is 11.3. The highest BCUT2D eigenvalue weighted by Crippen LogP contribution is 2.37. The van der Waals surface area contributed by atoms with E-state index in [4.69, 9.17) is 0 Å². The lowest BCUT2D eigenvalue weighted by molar-refractivity contribution is -0.142. The molecule has 2 aliphatic heterocycles. The highest BCUT2D eigenvalue weighted by Gasteiger charge is 2.45. The Morgan fingerprint density at radius 3 is 2.71 bits per heavy atom. The molecule has 0 bridgehead atoms. The lowest BCUT2D eigenvalue weighted by Crippen LogP contribution is -2.56. The van der Waals surface area contributed by atoms with E-state index in [9.17, 15) is 14.4 Å². The number of fused-ring (bicyclic) bond motifs is 2. The van der Waals surface area contributed by atoms with E-state index in [2.05, 4.69) is 28.1 Å². The monoisotopic (exact) mass is 444 g/mol. The van der Waals surface area contributed by atoms with Crippen molar-refractivity contribution in [1.29, 1.82) is 0 Å². The average molecular weight is 445 g/mol. The number of rotatable bonds is 5. The van der Waals surface area contributed by atoms with E-state index in [0.29, 0.717) is 12.8 Å². The fourth-order valence-electron chi connectivity index (χ4n) is 4.85. The molecule has 2 fully saturated rings. The van der Waals surface area contributed by atoms with E-state index in [1.807, 2.05) is 12.1 Å². The van der Waals surface area contributed by atoms with Gasteiger partial charge in [0, 0.05) is 0 Å². The number of carbonyl (C=O) groups is 3. The van der Waals surface area contributed by atoms with Crippen LogP contribution in [0.3, 0.4) is 0 Å². The van der Waals surface area contributed by atoms with Gasteiger partial charge in [-0.25, -0.2) is 0 Å². The molecule has 5 atom stereocenters. The summed E-state index contributed by atoms with van der Waals surface area (Å²) in [6.45, 7) is 1.77. The minimum atomic E-state index is -0.579. The number of likely N-dealkylation sites (N-methyl/N-ethyl adjacent to an activating group) is 1. The number of hydrogen-bond donors (Lipinski definition) is 3. The van der Waals surface area contributed by atoms with Crippen molar-refractivity contribution in [2.75, 3.05) is 12.8 Å². The van der Waals surface area contributed by atoms with Crippen molar-refractivity contribution in [2.24, 2.45) is 0 Å². The Morgan fingerprint density at radius 1 is 1.10 bits per heavy atom. The molecule has 1 aromatic rings. The van der Waals surface area contributed by atoms with E-state index < -0.39 is 12.1 Å². The molecule has 1 aliphatic carbocycles. The predicted molar refractivity (Wildman–Crippen MR) is 121 cm³/mol. The van der Waals surface area contributed by atoms with Crippen LogP contribution in [-0.4, -0.2) is 58.9 Å². The molecule has 0 saturated carbocycles. The van der Waals surface area contributed by atoms with Crippen LogP contribution in [0.15, 0.2) is 24.3 Å². The van der Waals surface area contributed by atoms with Crippen LogP contribution < -0.4 is 16.0 Å². The molecule has 7 nitrogen and oxygen atoms in total. The van der Waals surface area contributed by atoms with Crippen molar-refractivity contribution in [3.05, 3.63) is 35.4 Å². The molecule has 0 spiro atoms. The molecule has 1 unspecified atom stereocenters. The average Bonchev–Trinajstić information content (AvgIpc) is 3.15. The van der Waals surface area contributed by atoms with E-state index >= 15 is 0 Å². The largest absolute Gasteiger partial charge is 0.347 e. The maximum atomic E-state index is 13.4. The molecule has 8 heteroatoms. The van der Waals surface area contributed by atoms with Gasteiger partial charge in [0.2, 0.25) is 17.7 Å². The van der Waals surface area contributed by atoms with Crippen molar-refractivity contribution < 1.29 is 14.4 Å². The lowest BCUT2D eigenvalue weighted by Gasteiger charge is -2.32. The van der Waals surface area contributed by atoms with Crippen LogP contribution in [0.2, 0.25) is 0 Å². The number of amides is 3. The molecule has 3 aliphatic rings. The number of hydrogen-bond acceptors (Lipinski definition) is 5. The molecule has 3 amide bonds. The van der Waals surface area contributed by atoms with Gasteiger partial charge in [-0.05, 0) is 69.4 Å². The third kappa shape index (κ3) is 4.60. The Hall–Kier alpha value is -2.06. The van der Waals surface area contributed by atoms with Gasteiger partial charge < -0.3 is 20.9 Å². The van der Waals surface area contributed by atoms with E-state index in [1.165, 1.54) is 11.1 Å². The lowest BCUT2D eigenvalue weighted by atomic mass is 9.87. The predicted octanol–water partition coefficient (Wildman–Crippen LogP) is 1.73. The Kier molecular flexibility index (Phi) is 6.86. The number of carbonyl (C=O) groups excluding carboxylic acids is 3. The van der Waals surface area contributed by atoms with Crippen LogP contribution in [0.4, 0.5) is 0 Å². The van der Waals surface area contributed by atoms with Gasteiger partial charge in [0.25, 0.3) is 0 Å². The normalized spacial score (nSPS) is 28.8. The smallest absolute Gasteiger partial charge is 0.246 e. The Labute approximate surface area is 188 Å². The number of nitrogens with one attached hydrogen (secondary N) is 3. The van der Waals surface area contributed by atoms with Crippen LogP contribution in [-0.2, 0) is 20.8 Å². The van der Waals surface area contributed by atoms with E-state index in [1.54, 1.807) is 30.6 Å². The van der Waals surface area contributed by atoms with Crippen molar-refractivity contribution in [1.82, 2.24) is 20.9 Å². The molecule has 2 heterocycles. The first kappa shape index (κ1) is 22.1. The maximum absolute atomic E-state index is 13.4. The van der Waals surface area contributed by atoms with Crippen molar-refractivity contribution >= 4 is 29.5 Å². The first-order chi connectivity index (χ1) is 15.0. The van der Waals surface area contributed by atoms with Gasteiger partial charge in [-0.2, -0.15) is 0 Å². The standard InChI is InChI=1S/C23H32N4O3S/c1-14(24-2)21(28)26-18-12-13-31-20-11-10-19(27(20)23(18)30)22(29)25-17-9-5-7-15-6-3-4-8-16(15)17/h3-4,6,8,14,17-20,24H,5,7,9-13H2,1-2H3,(H,25,29)(H,26,28)/t14-,17+,18-,19+,20?/m0/s1. The Bertz CT molecular complexity index is 848. The molecule has 2 saturated heterocycles. The second-order valence-electron chi connectivity index (χ2n) is 8.68. The minimum Gasteiger partial charge on any atom is -0.347 e. The molecular formula is C23H32N4O3S. The van der Waals surface area contributed by atoms with Gasteiger partial charge in [0.1, 0.15) is 12.1 Å². The topological polar surface area (TPSA) is 90.5 Å². The zero-order chi connectivity index (χ0) is 22.0. The fraction of sp³-hybridized carbons (Fsp3) is 0.609. The van der Waals surface area contributed by atoms with Crippen LogP contribution in [0, 0.1) is 0 Å². The van der Waals surface area contributed by atoms with E-state index in [-0.39, 0.29) is 35.2 Å². The van der Waals surface area contributed by atoms with Gasteiger partial charge in [0.05, 0.1) is 17.5 Å². The number of nitrogens with zero attached hydrogens (tertiary/aromatic N) is 1. The fourth-order valence-corrected chi connectivity index (χ4v) is 6.21. The highest BCUT2D eigenvalue weighted by atomic mass is 32.2. The summed E-state index contributed by atoms with van der Waals surface area (Å²) in [4.78, 5) is 40.8. The summed E-state index contributed by atoms with van der Waals surface area (Å²) in [6.07, 6.45) is 5.07. The molecular weight excluding hydrogens is 412 g/mol. The third-order valence-corrected chi connectivity index (χ3v) is 8.05. The molecule has 31 heavy (non-hydrogen) atoms. The van der Waals surface area contributed by atoms with Crippen LogP contribution in [0.5, 0.6) is 0 Å². The molecule has 4 rings (SSSR count). The van der Waals surface area contributed by atoms with Crippen molar-refractivity contribution in [2.45, 2.75) is 75.0 Å². The number of aryl methyl sites for hydroxylation is 1. The van der Waals surface area contributed by atoms with Gasteiger partial charge in [-0.1, -0.05) is 24.3 Å². The number of benzene rings is 1. The highest BCUT2D eigenvalue weighted by molar-refractivity contribution is 7.99. The quantitative estimate of drug-likeness (QED) is 0.644. The Morgan fingerprint density at radius 2 is 1.90 bits per heavy atom. The maximum Gasteiger partial charge on any atom is 0.246 e. The summed E-state index contributed by atoms with van der Waals surface area (Å²) in [5.41, 5.74) is 2.49. The SMILES string of the molecule is CN[C@@H](C)C(=O)N[C@H]1CCSC2CC[C@H](C(=O)N[C@@H]3CCCc4ccccc43)N2C1=O. The molecule has 3 N–H and O–H groups in total. The van der Waals surface area contributed by atoms with Crippen molar-refractivity contribution in [3.63, 3.8) is 0 Å². The van der Waals surface area contributed by atoms with Gasteiger partial charge >= 0.3 is 0 Å². The Balaban J connectivity index is 1.47. The number of thioether (sulfide) groups is 1. The molecule has 0 aromatic heterocycles. The second-order valence-corrected chi connectivity index (χ2v) is 9.96. The van der Waals surface area contributed by atoms with Crippen LogP contribution >= 0.6 is 11.8 Å². The van der Waals surface area contributed by atoms with Gasteiger partial charge in [0.15, 0.2) is 0 Å². The van der Waals surface area contributed by atoms with Crippen molar-refractivity contribution in [3.8, 4) is 0 Å².